The fourth-order valence-electron chi connectivity index (χ4n) is 3.15. The van der Waals surface area contributed by atoms with Gasteiger partial charge in [-0.2, -0.15) is 13.2 Å². The van der Waals surface area contributed by atoms with Crippen LogP contribution in [0.15, 0.2) is 29.3 Å². The zero-order chi connectivity index (χ0) is 19.9. The predicted octanol–water partition coefficient (Wildman–Crippen LogP) is 3.39. The summed E-state index contributed by atoms with van der Waals surface area (Å²) in [5, 5.41) is 3.32. The van der Waals surface area contributed by atoms with E-state index in [-0.39, 0.29) is 24.0 Å². The number of piperazine rings is 1. The highest BCUT2D eigenvalue weighted by molar-refractivity contribution is 14.0. The van der Waals surface area contributed by atoms with Crippen molar-refractivity contribution in [2.75, 3.05) is 46.9 Å². The second-order valence-electron chi connectivity index (χ2n) is 6.67. The number of ether oxygens (including phenoxy) is 1. The maximum absolute atomic E-state index is 12.8. The highest BCUT2D eigenvalue weighted by Crippen LogP contribution is 2.25. The Morgan fingerprint density at radius 2 is 1.79 bits per heavy atom. The molecule has 5 nitrogen and oxygen atoms in total. The smallest absolute Gasteiger partial charge is 0.403 e. The average molecular weight is 514 g/mol. The van der Waals surface area contributed by atoms with Gasteiger partial charge in [0, 0.05) is 39.8 Å². The van der Waals surface area contributed by atoms with Crippen LogP contribution in [0.2, 0.25) is 0 Å². The van der Waals surface area contributed by atoms with Gasteiger partial charge in [0.2, 0.25) is 0 Å². The summed E-state index contributed by atoms with van der Waals surface area (Å²) in [5.74, 6) is 1.60. The van der Waals surface area contributed by atoms with Crippen molar-refractivity contribution in [3.05, 3.63) is 29.8 Å². The van der Waals surface area contributed by atoms with Crippen LogP contribution in [0.1, 0.15) is 18.9 Å². The molecule has 160 valence electrons. The van der Waals surface area contributed by atoms with E-state index in [1.807, 2.05) is 17.0 Å². The van der Waals surface area contributed by atoms with E-state index in [9.17, 15) is 13.2 Å². The summed E-state index contributed by atoms with van der Waals surface area (Å²) in [7, 11) is 3.35. The number of nitrogens with zero attached hydrogens (tertiary/aromatic N) is 3. The Balaban J connectivity index is 0.00000392. The van der Waals surface area contributed by atoms with Gasteiger partial charge in [0.25, 0.3) is 0 Å². The number of aliphatic imine (C=N–C) groups is 1. The van der Waals surface area contributed by atoms with E-state index in [2.05, 4.69) is 22.4 Å². The zero-order valence-electron chi connectivity index (χ0n) is 16.6. The van der Waals surface area contributed by atoms with Crippen LogP contribution in [-0.2, 0) is 6.42 Å². The van der Waals surface area contributed by atoms with Crippen molar-refractivity contribution < 1.29 is 17.9 Å². The van der Waals surface area contributed by atoms with E-state index >= 15 is 0 Å². The molecule has 1 aromatic carbocycles. The Morgan fingerprint density at radius 1 is 1.18 bits per heavy atom. The van der Waals surface area contributed by atoms with E-state index in [0.717, 1.165) is 31.1 Å². The molecule has 1 N–H and O–H groups in total. The molecule has 9 heteroatoms. The first-order chi connectivity index (χ1) is 12.8. The van der Waals surface area contributed by atoms with Crippen molar-refractivity contribution in [3.8, 4) is 5.75 Å². The molecule has 0 saturated carbocycles. The molecule has 1 saturated heterocycles. The first kappa shape index (κ1) is 24.8. The van der Waals surface area contributed by atoms with Gasteiger partial charge in [-0.3, -0.25) is 9.89 Å². The van der Waals surface area contributed by atoms with Crippen LogP contribution in [0, 0.1) is 0 Å². The maximum atomic E-state index is 12.8. The molecule has 28 heavy (non-hydrogen) atoms. The molecule has 1 aliphatic rings. The first-order valence-corrected chi connectivity index (χ1v) is 9.24. The molecular weight excluding hydrogens is 484 g/mol. The number of rotatable bonds is 6. The van der Waals surface area contributed by atoms with Crippen molar-refractivity contribution in [2.45, 2.75) is 32.0 Å². The maximum Gasteiger partial charge on any atom is 0.403 e. The minimum Gasteiger partial charge on any atom is -0.497 e. The number of hydrogen-bond donors (Lipinski definition) is 1. The molecular formula is C19H30F3IN4O. The van der Waals surface area contributed by atoms with Gasteiger partial charge in [0.05, 0.1) is 7.11 Å². The minimum absolute atomic E-state index is 0. The largest absolute Gasteiger partial charge is 0.497 e. The SMILES string of the molecule is CN=C(NCCCc1ccc(OC)cc1)N1CCN(C(C)C(F)(F)F)CC1.I. The van der Waals surface area contributed by atoms with Gasteiger partial charge in [0.15, 0.2) is 5.96 Å². The van der Waals surface area contributed by atoms with Gasteiger partial charge in [-0.05, 0) is 37.5 Å². The normalized spacial score (nSPS) is 17.1. The van der Waals surface area contributed by atoms with Crippen LogP contribution in [-0.4, -0.2) is 74.9 Å². The molecule has 2 rings (SSSR count). The number of benzene rings is 1. The lowest BCUT2D eigenvalue weighted by atomic mass is 10.1. The lowest BCUT2D eigenvalue weighted by Crippen LogP contribution is -2.56. The van der Waals surface area contributed by atoms with Crippen LogP contribution in [0.5, 0.6) is 5.75 Å². The molecule has 0 bridgehead atoms. The summed E-state index contributed by atoms with van der Waals surface area (Å²) in [5.41, 5.74) is 1.24. The molecule has 0 amide bonds. The fourth-order valence-corrected chi connectivity index (χ4v) is 3.15. The second kappa shape index (κ2) is 11.7. The third kappa shape index (κ3) is 7.31. The lowest BCUT2D eigenvalue weighted by Gasteiger charge is -2.39. The molecule has 1 aliphatic heterocycles. The number of hydrogen-bond acceptors (Lipinski definition) is 3. The molecule has 0 aliphatic carbocycles. The number of alkyl halides is 3. The van der Waals surface area contributed by atoms with Crippen LogP contribution < -0.4 is 10.1 Å². The van der Waals surface area contributed by atoms with Crippen molar-refractivity contribution >= 4 is 29.9 Å². The third-order valence-corrected chi connectivity index (χ3v) is 4.93. The van der Waals surface area contributed by atoms with Crippen LogP contribution >= 0.6 is 24.0 Å². The summed E-state index contributed by atoms with van der Waals surface area (Å²) < 4.78 is 43.7. The Labute approximate surface area is 182 Å². The van der Waals surface area contributed by atoms with Gasteiger partial charge in [-0.25, -0.2) is 0 Å². The van der Waals surface area contributed by atoms with Gasteiger partial charge in [-0.1, -0.05) is 12.1 Å². The summed E-state index contributed by atoms with van der Waals surface area (Å²) in [6.45, 7) is 3.83. The fraction of sp³-hybridized carbons (Fsp3) is 0.632. The molecule has 1 aromatic rings. The Morgan fingerprint density at radius 3 is 2.29 bits per heavy atom. The van der Waals surface area contributed by atoms with Crippen molar-refractivity contribution in [3.63, 3.8) is 0 Å². The van der Waals surface area contributed by atoms with E-state index in [1.54, 1.807) is 14.2 Å². The standard InChI is InChI=1S/C19H29F3N4O.HI/c1-15(19(20,21)22)25-11-13-26(14-12-25)18(23-2)24-10-4-5-16-6-8-17(27-3)9-7-16;/h6-9,15H,4-5,10-14H2,1-3H3,(H,23,24);1H. The minimum atomic E-state index is -4.18. The molecule has 1 unspecified atom stereocenters. The molecule has 1 atom stereocenters. The molecule has 1 heterocycles. The second-order valence-corrected chi connectivity index (χ2v) is 6.67. The van der Waals surface area contributed by atoms with E-state index in [0.29, 0.717) is 26.2 Å². The topological polar surface area (TPSA) is 40.1 Å². The lowest BCUT2D eigenvalue weighted by molar-refractivity contribution is -0.181. The van der Waals surface area contributed by atoms with E-state index in [4.69, 9.17) is 4.74 Å². The molecule has 0 aromatic heterocycles. The van der Waals surface area contributed by atoms with Gasteiger partial charge in [-0.15, -0.1) is 24.0 Å². The summed E-state index contributed by atoms with van der Waals surface area (Å²) in [4.78, 5) is 7.77. The number of guanidine groups is 1. The molecule has 0 radical (unpaired) electrons. The quantitative estimate of drug-likeness (QED) is 0.274. The number of nitrogens with one attached hydrogen (secondary N) is 1. The predicted molar refractivity (Wildman–Crippen MR) is 117 cm³/mol. The van der Waals surface area contributed by atoms with E-state index in [1.165, 1.54) is 17.4 Å². The Hall–Kier alpha value is -1.23. The van der Waals surface area contributed by atoms with Crippen LogP contribution in [0.4, 0.5) is 13.2 Å². The Kier molecular flexibility index (Phi) is 10.4. The zero-order valence-corrected chi connectivity index (χ0v) is 19.0. The highest BCUT2D eigenvalue weighted by atomic mass is 127. The molecule has 0 spiro atoms. The van der Waals surface area contributed by atoms with Crippen molar-refractivity contribution in [2.24, 2.45) is 4.99 Å². The number of halogens is 4. The van der Waals surface area contributed by atoms with Gasteiger partial charge < -0.3 is 15.0 Å². The van der Waals surface area contributed by atoms with Crippen LogP contribution in [0.25, 0.3) is 0 Å². The van der Waals surface area contributed by atoms with Crippen molar-refractivity contribution in [1.82, 2.24) is 15.1 Å². The summed E-state index contributed by atoms with van der Waals surface area (Å²) >= 11 is 0. The summed E-state index contributed by atoms with van der Waals surface area (Å²) in [6.07, 6.45) is -2.30. The van der Waals surface area contributed by atoms with Gasteiger partial charge in [0.1, 0.15) is 11.8 Å². The highest BCUT2D eigenvalue weighted by Gasteiger charge is 2.41. The monoisotopic (exact) mass is 514 g/mol. The Bertz CT molecular complexity index is 602. The molecule has 1 fully saturated rings. The third-order valence-electron chi connectivity index (χ3n) is 4.93. The average Bonchev–Trinajstić information content (AvgIpc) is 2.67. The van der Waals surface area contributed by atoms with Crippen LogP contribution in [0.3, 0.4) is 0 Å². The van der Waals surface area contributed by atoms with Crippen molar-refractivity contribution in [1.29, 1.82) is 0 Å². The summed E-state index contributed by atoms with van der Waals surface area (Å²) in [6, 6.07) is 6.59. The number of methoxy groups -OCH3 is 1. The van der Waals surface area contributed by atoms with E-state index < -0.39 is 12.2 Å². The van der Waals surface area contributed by atoms with Gasteiger partial charge >= 0.3 is 6.18 Å². The number of aryl methyl sites for hydroxylation is 1. The first-order valence-electron chi connectivity index (χ1n) is 9.24.